The lowest BCUT2D eigenvalue weighted by Crippen LogP contribution is -2.44. The van der Waals surface area contributed by atoms with E-state index < -0.39 is 11.4 Å². The van der Waals surface area contributed by atoms with E-state index in [-0.39, 0.29) is 5.91 Å². The van der Waals surface area contributed by atoms with Gasteiger partial charge in [-0.2, -0.15) is 0 Å². The summed E-state index contributed by atoms with van der Waals surface area (Å²) in [6.07, 6.45) is 1.16. The van der Waals surface area contributed by atoms with Gasteiger partial charge in [0, 0.05) is 13.2 Å². The molecule has 1 heterocycles. The molecule has 6 heteroatoms. The van der Waals surface area contributed by atoms with E-state index in [2.05, 4.69) is 5.32 Å². The number of halogens is 1. The topological polar surface area (TPSA) is 64.6 Å². The predicted molar refractivity (Wildman–Crippen MR) is 99.6 cm³/mol. The van der Waals surface area contributed by atoms with Gasteiger partial charge in [0.2, 0.25) is 5.91 Å². The van der Waals surface area contributed by atoms with E-state index >= 15 is 0 Å². The summed E-state index contributed by atoms with van der Waals surface area (Å²) in [7, 11) is 1.31. The Bertz CT molecular complexity index is 801. The lowest BCUT2D eigenvalue weighted by atomic mass is 9.73. The first-order valence-electron chi connectivity index (χ1n) is 8.39. The molecule has 0 atom stereocenters. The van der Waals surface area contributed by atoms with Crippen LogP contribution in [0.15, 0.2) is 48.5 Å². The van der Waals surface area contributed by atoms with Crippen molar-refractivity contribution < 1.29 is 19.1 Å². The fourth-order valence-corrected chi connectivity index (χ4v) is 3.40. The molecule has 2 aromatic carbocycles. The zero-order valence-corrected chi connectivity index (χ0v) is 15.2. The van der Waals surface area contributed by atoms with Crippen molar-refractivity contribution in [2.75, 3.05) is 25.6 Å². The third-order valence-electron chi connectivity index (χ3n) is 4.74. The van der Waals surface area contributed by atoms with E-state index in [4.69, 9.17) is 21.1 Å². The van der Waals surface area contributed by atoms with Gasteiger partial charge in [-0.25, -0.2) is 4.79 Å². The van der Waals surface area contributed by atoms with Gasteiger partial charge >= 0.3 is 5.97 Å². The molecule has 1 N–H and O–H groups in total. The highest BCUT2D eigenvalue weighted by atomic mass is 35.5. The van der Waals surface area contributed by atoms with Crippen molar-refractivity contribution in [2.24, 2.45) is 0 Å². The molecule has 1 amide bonds. The van der Waals surface area contributed by atoms with Crippen molar-refractivity contribution in [1.82, 2.24) is 0 Å². The molecule has 136 valence electrons. The first kappa shape index (κ1) is 18.4. The summed E-state index contributed by atoms with van der Waals surface area (Å²) in [6.45, 7) is 1.02. The summed E-state index contributed by atoms with van der Waals surface area (Å²) in [5.41, 5.74) is 0.972. The lowest BCUT2D eigenvalue weighted by molar-refractivity contribution is -0.125. The summed E-state index contributed by atoms with van der Waals surface area (Å²) in [6, 6.07) is 14.3. The van der Waals surface area contributed by atoms with Crippen molar-refractivity contribution in [3.63, 3.8) is 0 Å². The molecule has 0 bridgehead atoms. The first-order valence-corrected chi connectivity index (χ1v) is 8.77. The Morgan fingerprint density at radius 2 is 1.81 bits per heavy atom. The number of amides is 1. The molecule has 1 fully saturated rings. The molecule has 0 spiro atoms. The summed E-state index contributed by atoms with van der Waals surface area (Å²) in [4.78, 5) is 25.0. The second-order valence-corrected chi connectivity index (χ2v) is 6.61. The zero-order valence-electron chi connectivity index (χ0n) is 14.5. The molecule has 1 aliphatic rings. The Labute approximate surface area is 157 Å². The number of carbonyl (C=O) groups excluding carboxylic acids is 2. The lowest BCUT2D eigenvalue weighted by Gasteiger charge is -2.36. The quantitative estimate of drug-likeness (QED) is 0.827. The number of ether oxygens (including phenoxy) is 2. The van der Waals surface area contributed by atoms with Gasteiger partial charge in [0.05, 0.1) is 28.8 Å². The van der Waals surface area contributed by atoms with Crippen LogP contribution in [0.1, 0.15) is 28.8 Å². The highest BCUT2D eigenvalue weighted by molar-refractivity contribution is 6.34. The van der Waals surface area contributed by atoms with Gasteiger partial charge in [0.15, 0.2) is 0 Å². The van der Waals surface area contributed by atoms with E-state index in [1.54, 1.807) is 12.1 Å². The Morgan fingerprint density at radius 1 is 1.12 bits per heavy atom. The van der Waals surface area contributed by atoms with Gasteiger partial charge in [-0.1, -0.05) is 41.9 Å². The molecular formula is C20H20ClNO4. The van der Waals surface area contributed by atoms with Crippen LogP contribution in [0.3, 0.4) is 0 Å². The van der Waals surface area contributed by atoms with E-state index in [9.17, 15) is 9.59 Å². The standard InChI is InChI=1S/C20H20ClNO4/c1-25-18(23)14-7-8-16(21)17(13-14)22-19(24)20(9-11-26-12-10-20)15-5-3-2-4-6-15/h2-8,13H,9-12H2,1H3,(H,22,24). The predicted octanol–water partition coefficient (Wildman–Crippen LogP) is 3.81. The monoisotopic (exact) mass is 373 g/mol. The number of hydrogen-bond acceptors (Lipinski definition) is 4. The fraction of sp³-hybridized carbons (Fsp3) is 0.300. The van der Waals surface area contributed by atoms with Gasteiger partial charge in [-0.3, -0.25) is 4.79 Å². The molecule has 2 aromatic rings. The maximum Gasteiger partial charge on any atom is 0.337 e. The Balaban J connectivity index is 1.93. The maximum absolute atomic E-state index is 13.3. The molecule has 0 saturated carbocycles. The van der Waals surface area contributed by atoms with Gasteiger partial charge in [0.25, 0.3) is 0 Å². The molecule has 0 aromatic heterocycles. The van der Waals surface area contributed by atoms with Crippen LogP contribution in [-0.4, -0.2) is 32.2 Å². The zero-order chi connectivity index (χ0) is 18.6. The largest absolute Gasteiger partial charge is 0.465 e. The Kier molecular flexibility index (Phi) is 5.59. The van der Waals surface area contributed by atoms with Gasteiger partial charge < -0.3 is 14.8 Å². The molecular weight excluding hydrogens is 354 g/mol. The Hall–Kier alpha value is -2.37. The second-order valence-electron chi connectivity index (χ2n) is 6.20. The molecule has 3 rings (SSSR count). The minimum absolute atomic E-state index is 0.157. The number of esters is 1. The normalized spacial score (nSPS) is 15.9. The van der Waals surface area contributed by atoms with E-state index in [1.165, 1.54) is 13.2 Å². The van der Waals surface area contributed by atoms with E-state index in [0.29, 0.717) is 42.3 Å². The maximum atomic E-state index is 13.3. The summed E-state index contributed by atoms with van der Waals surface area (Å²) >= 11 is 6.23. The molecule has 1 aliphatic heterocycles. The number of methoxy groups -OCH3 is 1. The average molecular weight is 374 g/mol. The molecule has 0 unspecified atom stereocenters. The van der Waals surface area contributed by atoms with Crippen molar-refractivity contribution in [3.8, 4) is 0 Å². The van der Waals surface area contributed by atoms with Crippen LogP contribution in [0.4, 0.5) is 5.69 Å². The molecule has 1 saturated heterocycles. The van der Waals surface area contributed by atoms with Crippen LogP contribution in [0, 0.1) is 0 Å². The van der Waals surface area contributed by atoms with E-state index in [0.717, 1.165) is 5.56 Å². The molecule has 5 nitrogen and oxygen atoms in total. The number of anilines is 1. The third kappa shape index (κ3) is 3.59. The number of nitrogens with one attached hydrogen (secondary N) is 1. The van der Waals surface area contributed by atoms with Crippen LogP contribution in [0.25, 0.3) is 0 Å². The van der Waals surface area contributed by atoms with E-state index in [1.807, 2.05) is 30.3 Å². The number of rotatable bonds is 4. The van der Waals surface area contributed by atoms with Crippen LogP contribution in [-0.2, 0) is 19.7 Å². The highest BCUT2D eigenvalue weighted by Crippen LogP contribution is 2.37. The number of benzene rings is 2. The Morgan fingerprint density at radius 3 is 2.46 bits per heavy atom. The van der Waals surface area contributed by atoms with Crippen molar-refractivity contribution in [3.05, 3.63) is 64.7 Å². The van der Waals surface area contributed by atoms with Crippen molar-refractivity contribution in [2.45, 2.75) is 18.3 Å². The fourth-order valence-electron chi connectivity index (χ4n) is 3.23. The van der Waals surface area contributed by atoms with Crippen LogP contribution < -0.4 is 5.32 Å². The molecule has 0 radical (unpaired) electrons. The minimum atomic E-state index is -0.690. The average Bonchev–Trinajstić information content (AvgIpc) is 2.70. The number of hydrogen-bond donors (Lipinski definition) is 1. The summed E-state index contributed by atoms with van der Waals surface area (Å²) in [5, 5.41) is 3.27. The van der Waals surface area contributed by atoms with Crippen molar-refractivity contribution >= 4 is 29.2 Å². The van der Waals surface area contributed by atoms with Crippen LogP contribution in [0.5, 0.6) is 0 Å². The van der Waals surface area contributed by atoms with Crippen molar-refractivity contribution in [1.29, 1.82) is 0 Å². The molecule has 26 heavy (non-hydrogen) atoms. The smallest absolute Gasteiger partial charge is 0.337 e. The number of carbonyl (C=O) groups is 2. The van der Waals surface area contributed by atoms with Gasteiger partial charge in [-0.05, 0) is 36.6 Å². The van der Waals surface area contributed by atoms with Gasteiger partial charge in [-0.15, -0.1) is 0 Å². The van der Waals surface area contributed by atoms with Crippen LogP contribution in [0.2, 0.25) is 5.02 Å². The summed E-state index contributed by atoms with van der Waals surface area (Å²) < 4.78 is 10.2. The second kappa shape index (κ2) is 7.89. The third-order valence-corrected chi connectivity index (χ3v) is 5.07. The summed E-state index contributed by atoms with van der Waals surface area (Å²) in [5.74, 6) is -0.642. The van der Waals surface area contributed by atoms with Gasteiger partial charge in [0.1, 0.15) is 0 Å². The highest BCUT2D eigenvalue weighted by Gasteiger charge is 2.41. The molecule has 0 aliphatic carbocycles. The SMILES string of the molecule is COC(=O)c1ccc(Cl)c(NC(=O)C2(c3ccccc3)CCOCC2)c1. The first-order chi connectivity index (χ1) is 12.6. The van der Waals surface area contributed by atoms with Crippen LogP contribution >= 0.6 is 11.6 Å². The minimum Gasteiger partial charge on any atom is -0.465 e.